The van der Waals surface area contributed by atoms with Gasteiger partial charge in [0.05, 0.1) is 11.7 Å². The van der Waals surface area contributed by atoms with Crippen molar-refractivity contribution in [1.82, 2.24) is 0 Å². The molecule has 100 valence electrons. The summed E-state index contributed by atoms with van der Waals surface area (Å²) in [6.45, 7) is 1.21. The van der Waals surface area contributed by atoms with Gasteiger partial charge < -0.3 is 15.6 Å². The number of nitrogens with two attached hydrogens (primary N) is 1. The van der Waals surface area contributed by atoms with Gasteiger partial charge in [0.25, 0.3) is 0 Å². The Labute approximate surface area is 105 Å². The van der Waals surface area contributed by atoms with Crippen LogP contribution in [-0.4, -0.2) is 30.0 Å². The second-order valence-electron chi connectivity index (χ2n) is 5.82. The molecule has 2 fully saturated rings. The van der Waals surface area contributed by atoms with Crippen molar-refractivity contribution in [2.75, 3.05) is 13.2 Å². The van der Waals surface area contributed by atoms with E-state index in [1.807, 2.05) is 0 Å². The van der Waals surface area contributed by atoms with E-state index in [9.17, 15) is 5.11 Å². The minimum absolute atomic E-state index is 0.357. The maximum Gasteiger partial charge on any atom is 0.0798 e. The summed E-state index contributed by atoms with van der Waals surface area (Å²) in [7, 11) is 0. The van der Waals surface area contributed by atoms with Crippen LogP contribution < -0.4 is 5.73 Å². The fourth-order valence-electron chi connectivity index (χ4n) is 3.42. The smallest absolute Gasteiger partial charge is 0.0798 e. The molecule has 2 atom stereocenters. The molecule has 0 aromatic rings. The summed E-state index contributed by atoms with van der Waals surface area (Å²) < 4.78 is 5.93. The molecule has 0 aromatic carbocycles. The Morgan fingerprint density at radius 1 is 1.12 bits per heavy atom. The molecule has 2 rings (SSSR count). The molecule has 0 aromatic heterocycles. The monoisotopic (exact) mass is 241 g/mol. The van der Waals surface area contributed by atoms with Crippen LogP contribution in [0.2, 0.25) is 0 Å². The molecule has 0 amide bonds. The molecule has 3 heteroatoms. The Balaban J connectivity index is 1.67. The third kappa shape index (κ3) is 3.43. The summed E-state index contributed by atoms with van der Waals surface area (Å²) in [5, 5.41) is 10.3. The van der Waals surface area contributed by atoms with E-state index in [4.69, 9.17) is 10.5 Å². The fourth-order valence-corrected chi connectivity index (χ4v) is 3.42. The summed E-state index contributed by atoms with van der Waals surface area (Å²) in [5.41, 5.74) is 5.08. The van der Waals surface area contributed by atoms with Crippen molar-refractivity contribution in [1.29, 1.82) is 0 Å². The predicted octanol–water partition coefficient (Wildman–Crippen LogP) is 2.22. The normalized spacial score (nSPS) is 35.3. The minimum Gasteiger partial charge on any atom is -0.388 e. The fraction of sp³-hybridized carbons (Fsp3) is 1.00. The van der Waals surface area contributed by atoms with Crippen LogP contribution in [-0.2, 0) is 4.74 Å². The van der Waals surface area contributed by atoms with Crippen LogP contribution in [0.5, 0.6) is 0 Å². The number of hydrogen-bond donors (Lipinski definition) is 2. The molecule has 0 aliphatic heterocycles. The van der Waals surface area contributed by atoms with Crippen molar-refractivity contribution in [2.24, 2.45) is 11.7 Å². The molecule has 0 saturated heterocycles. The summed E-state index contributed by atoms with van der Waals surface area (Å²) in [6, 6.07) is 0. The van der Waals surface area contributed by atoms with Gasteiger partial charge in [-0.05, 0) is 38.0 Å². The van der Waals surface area contributed by atoms with Gasteiger partial charge in [-0.15, -0.1) is 0 Å². The molecule has 2 saturated carbocycles. The van der Waals surface area contributed by atoms with Crippen molar-refractivity contribution < 1.29 is 9.84 Å². The van der Waals surface area contributed by atoms with Crippen LogP contribution in [0.4, 0.5) is 0 Å². The zero-order chi connectivity index (χ0) is 12.1. The first-order chi connectivity index (χ1) is 8.24. The number of aliphatic hydroxyl groups is 1. The lowest BCUT2D eigenvalue weighted by Gasteiger charge is -2.29. The summed E-state index contributed by atoms with van der Waals surface area (Å²) in [4.78, 5) is 0. The molecule has 2 aliphatic carbocycles. The van der Waals surface area contributed by atoms with Gasteiger partial charge in [0, 0.05) is 13.2 Å². The zero-order valence-electron chi connectivity index (χ0n) is 10.9. The average Bonchev–Trinajstić information content (AvgIpc) is 2.73. The number of rotatable bonds is 5. The predicted molar refractivity (Wildman–Crippen MR) is 68.8 cm³/mol. The van der Waals surface area contributed by atoms with Crippen LogP contribution >= 0.6 is 0 Å². The van der Waals surface area contributed by atoms with Crippen molar-refractivity contribution in [3.8, 4) is 0 Å². The first-order valence-corrected chi connectivity index (χ1v) is 7.29. The highest BCUT2D eigenvalue weighted by atomic mass is 16.5. The Hall–Kier alpha value is -0.120. The maximum absolute atomic E-state index is 10.3. The molecular weight excluding hydrogens is 214 g/mol. The molecule has 0 bridgehead atoms. The van der Waals surface area contributed by atoms with E-state index in [1.54, 1.807) is 0 Å². The van der Waals surface area contributed by atoms with E-state index in [-0.39, 0.29) is 0 Å². The van der Waals surface area contributed by atoms with E-state index in [1.165, 1.54) is 32.1 Å². The van der Waals surface area contributed by atoms with E-state index >= 15 is 0 Å². The first-order valence-electron chi connectivity index (χ1n) is 7.29. The van der Waals surface area contributed by atoms with Crippen LogP contribution in [0, 0.1) is 5.92 Å². The van der Waals surface area contributed by atoms with Gasteiger partial charge in [0.15, 0.2) is 0 Å². The van der Waals surface area contributed by atoms with Crippen LogP contribution in [0.1, 0.15) is 57.8 Å². The highest BCUT2D eigenvalue weighted by Crippen LogP contribution is 2.37. The molecule has 0 spiro atoms. The van der Waals surface area contributed by atoms with E-state index in [0.29, 0.717) is 18.6 Å². The molecule has 0 radical (unpaired) electrons. The highest BCUT2D eigenvalue weighted by molar-refractivity contribution is 4.92. The second-order valence-corrected chi connectivity index (χ2v) is 5.82. The maximum atomic E-state index is 10.3. The standard InChI is InChI=1S/C14H27NO2/c15-11-14(16)9-4-5-12(14)8-10-17-13-6-2-1-3-7-13/h12-13,16H,1-11,15H2. The molecule has 17 heavy (non-hydrogen) atoms. The summed E-state index contributed by atoms with van der Waals surface area (Å²) in [6.07, 6.45) is 11.0. The summed E-state index contributed by atoms with van der Waals surface area (Å²) >= 11 is 0. The third-order valence-corrected chi connectivity index (χ3v) is 4.65. The van der Waals surface area contributed by atoms with Crippen molar-refractivity contribution in [3.63, 3.8) is 0 Å². The van der Waals surface area contributed by atoms with Crippen molar-refractivity contribution >= 4 is 0 Å². The molecular formula is C14H27NO2. The van der Waals surface area contributed by atoms with Gasteiger partial charge in [-0.2, -0.15) is 0 Å². The Kier molecular flexibility index (Phi) is 4.83. The Morgan fingerprint density at radius 2 is 1.88 bits per heavy atom. The Morgan fingerprint density at radius 3 is 2.59 bits per heavy atom. The van der Waals surface area contributed by atoms with Gasteiger partial charge in [0.2, 0.25) is 0 Å². The molecule has 2 unspecified atom stereocenters. The first kappa shape index (κ1) is 13.3. The topological polar surface area (TPSA) is 55.5 Å². The lowest BCUT2D eigenvalue weighted by Crippen LogP contribution is -2.41. The second kappa shape index (κ2) is 6.17. The van der Waals surface area contributed by atoms with Gasteiger partial charge in [-0.3, -0.25) is 0 Å². The average molecular weight is 241 g/mol. The molecule has 3 N–H and O–H groups in total. The van der Waals surface area contributed by atoms with Gasteiger partial charge in [0.1, 0.15) is 0 Å². The van der Waals surface area contributed by atoms with Gasteiger partial charge >= 0.3 is 0 Å². The van der Waals surface area contributed by atoms with Gasteiger partial charge in [-0.1, -0.05) is 25.7 Å². The van der Waals surface area contributed by atoms with Crippen molar-refractivity contribution in [2.45, 2.75) is 69.5 Å². The lowest BCUT2D eigenvalue weighted by molar-refractivity contribution is -0.0221. The van der Waals surface area contributed by atoms with E-state index in [0.717, 1.165) is 32.3 Å². The SMILES string of the molecule is NCC1(O)CCCC1CCOC1CCCCC1. The molecule has 0 heterocycles. The minimum atomic E-state index is -0.601. The largest absolute Gasteiger partial charge is 0.388 e. The Bertz CT molecular complexity index is 228. The lowest BCUT2D eigenvalue weighted by atomic mass is 9.88. The zero-order valence-corrected chi connectivity index (χ0v) is 10.9. The third-order valence-electron chi connectivity index (χ3n) is 4.65. The van der Waals surface area contributed by atoms with Crippen LogP contribution in [0.25, 0.3) is 0 Å². The summed E-state index contributed by atoms with van der Waals surface area (Å²) in [5.74, 6) is 0.357. The van der Waals surface area contributed by atoms with E-state index in [2.05, 4.69) is 0 Å². The van der Waals surface area contributed by atoms with Crippen molar-refractivity contribution in [3.05, 3.63) is 0 Å². The quantitative estimate of drug-likeness (QED) is 0.776. The number of hydrogen-bond acceptors (Lipinski definition) is 3. The molecule has 3 nitrogen and oxygen atoms in total. The van der Waals surface area contributed by atoms with Crippen LogP contribution in [0.15, 0.2) is 0 Å². The number of ether oxygens (including phenoxy) is 1. The highest BCUT2D eigenvalue weighted by Gasteiger charge is 2.39. The molecule has 2 aliphatic rings. The van der Waals surface area contributed by atoms with Crippen LogP contribution in [0.3, 0.4) is 0 Å². The van der Waals surface area contributed by atoms with Gasteiger partial charge in [-0.25, -0.2) is 0 Å². The van der Waals surface area contributed by atoms with E-state index < -0.39 is 5.60 Å².